The van der Waals surface area contributed by atoms with E-state index in [4.69, 9.17) is 16.3 Å². The van der Waals surface area contributed by atoms with E-state index in [1.807, 2.05) is 26.0 Å². The predicted octanol–water partition coefficient (Wildman–Crippen LogP) is 3.01. The van der Waals surface area contributed by atoms with E-state index >= 15 is 0 Å². The summed E-state index contributed by atoms with van der Waals surface area (Å²) in [5.41, 5.74) is 2.15. The van der Waals surface area contributed by atoms with Crippen molar-refractivity contribution >= 4 is 35.1 Å². The van der Waals surface area contributed by atoms with Gasteiger partial charge in [0.1, 0.15) is 11.4 Å². The van der Waals surface area contributed by atoms with Gasteiger partial charge in [-0.25, -0.2) is 9.18 Å². The Kier molecular flexibility index (Phi) is 6.90. The van der Waals surface area contributed by atoms with Gasteiger partial charge in [-0.3, -0.25) is 9.59 Å². The van der Waals surface area contributed by atoms with Crippen molar-refractivity contribution in [2.75, 3.05) is 18.5 Å². The lowest BCUT2D eigenvalue weighted by Gasteiger charge is -2.11. The summed E-state index contributed by atoms with van der Waals surface area (Å²) in [6.45, 7) is 2.82. The zero-order valence-corrected chi connectivity index (χ0v) is 15.5. The number of esters is 1. The molecule has 2 rings (SSSR count). The van der Waals surface area contributed by atoms with Gasteiger partial charge in [0.2, 0.25) is 5.91 Å². The van der Waals surface area contributed by atoms with E-state index in [1.165, 1.54) is 12.1 Å². The Morgan fingerprint density at radius 1 is 1.07 bits per heavy atom. The van der Waals surface area contributed by atoms with Crippen LogP contribution in [0.5, 0.6) is 0 Å². The SMILES string of the molecule is Cc1cccc(NC(=O)CNC(=O)COC(=O)c2c(F)cccc2Cl)c1C. The maximum Gasteiger partial charge on any atom is 0.343 e. The Morgan fingerprint density at radius 3 is 2.48 bits per heavy atom. The van der Waals surface area contributed by atoms with Crippen LogP contribution in [0, 0.1) is 19.7 Å². The molecule has 0 aliphatic heterocycles. The fourth-order valence-electron chi connectivity index (χ4n) is 2.21. The molecule has 142 valence electrons. The number of anilines is 1. The Labute approximate surface area is 160 Å². The van der Waals surface area contributed by atoms with Crippen molar-refractivity contribution in [1.82, 2.24) is 5.32 Å². The van der Waals surface area contributed by atoms with E-state index in [0.717, 1.165) is 17.2 Å². The van der Waals surface area contributed by atoms with Gasteiger partial charge >= 0.3 is 5.97 Å². The molecule has 0 aromatic heterocycles. The van der Waals surface area contributed by atoms with Crippen LogP contribution in [0.1, 0.15) is 21.5 Å². The van der Waals surface area contributed by atoms with Crippen LogP contribution in [0.2, 0.25) is 5.02 Å². The maximum absolute atomic E-state index is 13.6. The lowest BCUT2D eigenvalue weighted by atomic mass is 10.1. The van der Waals surface area contributed by atoms with Crippen LogP contribution in [0.3, 0.4) is 0 Å². The highest BCUT2D eigenvalue weighted by Gasteiger charge is 2.18. The number of carbonyl (C=O) groups excluding carboxylic acids is 3. The molecule has 2 aromatic carbocycles. The third kappa shape index (κ3) is 5.52. The summed E-state index contributed by atoms with van der Waals surface area (Å²) < 4.78 is 18.3. The van der Waals surface area contributed by atoms with Crippen molar-refractivity contribution < 1.29 is 23.5 Å². The number of aryl methyl sites for hydroxylation is 1. The van der Waals surface area contributed by atoms with Gasteiger partial charge in [0.05, 0.1) is 11.6 Å². The molecule has 27 heavy (non-hydrogen) atoms. The van der Waals surface area contributed by atoms with Gasteiger partial charge in [0.15, 0.2) is 6.61 Å². The van der Waals surface area contributed by atoms with Gasteiger partial charge in [-0.05, 0) is 43.2 Å². The largest absolute Gasteiger partial charge is 0.452 e. The first-order valence-electron chi connectivity index (χ1n) is 8.03. The van der Waals surface area contributed by atoms with E-state index in [2.05, 4.69) is 10.6 Å². The second-order valence-corrected chi connectivity index (χ2v) is 6.15. The summed E-state index contributed by atoms with van der Waals surface area (Å²) in [4.78, 5) is 35.5. The van der Waals surface area contributed by atoms with Crippen LogP contribution in [-0.2, 0) is 14.3 Å². The summed E-state index contributed by atoms with van der Waals surface area (Å²) in [5, 5.41) is 4.88. The Morgan fingerprint density at radius 2 is 1.78 bits per heavy atom. The Bertz CT molecular complexity index is 866. The molecule has 0 unspecified atom stereocenters. The summed E-state index contributed by atoms with van der Waals surface area (Å²) in [6.07, 6.45) is 0. The van der Waals surface area contributed by atoms with E-state index in [-0.39, 0.29) is 11.6 Å². The molecular formula is C19H18ClFN2O4. The molecule has 0 saturated carbocycles. The highest BCUT2D eigenvalue weighted by molar-refractivity contribution is 6.33. The molecule has 0 aliphatic carbocycles. The van der Waals surface area contributed by atoms with E-state index < -0.39 is 35.8 Å². The lowest BCUT2D eigenvalue weighted by Crippen LogP contribution is -2.35. The highest BCUT2D eigenvalue weighted by atomic mass is 35.5. The average Bonchev–Trinajstić information content (AvgIpc) is 2.62. The number of hydrogen-bond acceptors (Lipinski definition) is 4. The van der Waals surface area contributed by atoms with Crippen LogP contribution in [0.4, 0.5) is 10.1 Å². The maximum atomic E-state index is 13.6. The molecule has 0 heterocycles. The Balaban J connectivity index is 1.81. The number of amides is 2. The number of carbonyl (C=O) groups is 3. The normalized spacial score (nSPS) is 10.2. The second-order valence-electron chi connectivity index (χ2n) is 5.75. The van der Waals surface area contributed by atoms with Gasteiger partial charge < -0.3 is 15.4 Å². The molecule has 0 aliphatic rings. The number of halogens is 2. The number of ether oxygens (including phenoxy) is 1. The fraction of sp³-hybridized carbons (Fsp3) is 0.211. The second kappa shape index (κ2) is 9.14. The quantitative estimate of drug-likeness (QED) is 0.740. The van der Waals surface area contributed by atoms with Crippen molar-refractivity contribution in [1.29, 1.82) is 0 Å². The van der Waals surface area contributed by atoms with Crippen molar-refractivity contribution in [2.45, 2.75) is 13.8 Å². The molecule has 0 atom stereocenters. The minimum Gasteiger partial charge on any atom is -0.452 e. The number of nitrogens with one attached hydrogen (secondary N) is 2. The molecule has 0 saturated heterocycles. The van der Waals surface area contributed by atoms with Crippen LogP contribution in [0.25, 0.3) is 0 Å². The monoisotopic (exact) mass is 392 g/mol. The van der Waals surface area contributed by atoms with Crippen molar-refractivity contribution in [2.24, 2.45) is 0 Å². The van der Waals surface area contributed by atoms with Crippen LogP contribution < -0.4 is 10.6 Å². The predicted molar refractivity (Wildman–Crippen MR) is 99.2 cm³/mol. The first-order chi connectivity index (χ1) is 12.8. The average molecular weight is 393 g/mol. The highest BCUT2D eigenvalue weighted by Crippen LogP contribution is 2.20. The van der Waals surface area contributed by atoms with E-state index in [0.29, 0.717) is 5.69 Å². The Hall–Kier alpha value is -2.93. The fourth-order valence-corrected chi connectivity index (χ4v) is 2.45. The van der Waals surface area contributed by atoms with Gasteiger partial charge in [-0.15, -0.1) is 0 Å². The minimum atomic E-state index is -1.06. The van der Waals surface area contributed by atoms with Crippen molar-refractivity contribution in [3.8, 4) is 0 Å². The first kappa shape index (κ1) is 20.4. The summed E-state index contributed by atoms with van der Waals surface area (Å²) >= 11 is 5.75. The van der Waals surface area contributed by atoms with Gasteiger partial charge in [-0.2, -0.15) is 0 Å². The smallest absolute Gasteiger partial charge is 0.343 e. The molecule has 0 radical (unpaired) electrons. The molecule has 0 bridgehead atoms. The molecule has 8 heteroatoms. The molecule has 0 fully saturated rings. The lowest BCUT2D eigenvalue weighted by molar-refractivity contribution is -0.126. The van der Waals surface area contributed by atoms with Gasteiger partial charge in [0.25, 0.3) is 5.91 Å². The minimum absolute atomic E-state index is 0.117. The summed E-state index contributed by atoms with van der Waals surface area (Å²) in [7, 11) is 0. The number of hydrogen-bond donors (Lipinski definition) is 2. The van der Waals surface area contributed by atoms with E-state index in [9.17, 15) is 18.8 Å². The van der Waals surface area contributed by atoms with Crippen LogP contribution in [-0.4, -0.2) is 30.9 Å². The first-order valence-corrected chi connectivity index (χ1v) is 8.41. The molecule has 2 amide bonds. The van der Waals surface area contributed by atoms with E-state index in [1.54, 1.807) is 6.07 Å². The topological polar surface area (TPSA) is 84.5 Å². The number of benzene rings is 2. The standard InChI is InChI=1S/C19H18ClFN2O4/c1-11-5-3-8-15(12(11)2)23-16(24)9-22-17(25)10-27-19(26)18-13(20)6-4-7-14(18)21/h3-8H,9-10H2,1-2H3,(H,22,25)(H,23,24). The third-order valence-electron chi connectivity index (χ3n) is 3.83. The third-order valence-corrected chi connectivity index (χ3v) is 4.14. The molecule has 2 N–H and O–H groups in total. The molecular weight excluding hydrogens is 375 g/mol. The molecule has 2 aromatic rings. The molecule has 6 nitrogen and oxygen atoms in total. The van der Waals surface area contributed by atoms with Crippen LogP contribution in [0.15, 0.2) is 36.4 Å². The summed E-state index contributed by atoms with van der Waals surface area (Å²) in [6, 6.07) is 9.21. The van der Waals surface area contributed by atoms with Crippen molar-refractivity contribution in [3.63, 3.8) is 0 Å². The van der Waals surface area contributed by atoms with Crippen molar-refractivity contribution in [3.05, 3.63) is 63.9 Å². The zero-order valence-electron chi connectivity index (χ0n) is 14.8. The number of rotatable bonds is 6. The molecule has 0 spiro atoms. The van der Waals surface area contributed by atoms with Gasteiger partial charge in [-0.1, -0.05) is 29.8 Å². The summed E-state index contributed by atoms with van der Waals surface area (Å²) in [5.74, 6) is -3.04. The van der Waals surface area contributed by atoms with Gasteiger partial charge in [0, 0.05) is 5.69 Å². The van der Waals surface area contributed by atoms with Crippen LogP contribution >= 0.6 is 11.6 Å². The zero-order chi connectivity index (χ0) is 20.0.